The molecule has 2 aromatic rings. The van der Waals surface area contributed by atoms with Crippen LogP contribution in [0.3, 0.4) is 0 Å². The monoisotopic (exact) mass is 398 g/mol. The molecule has 1 saturated heterocycles. The summed E-state index contributed by atoms with van der Waals surface area (Å²) >= 11 is 0. The fourth-order valence-corrected chi connectivity index (χ4v) is 2.97. The molecule has 2 heterocycles. The lowest BCUT2D eigenvalue weighted by Crippen LogP contribution is -2.48. The van der Waals surface area contributed by atoms with Crippen molar-refractivity contribution in [2.75, 3.05) is 38.0 Å². The number of nitrogens with zero attached hydrogens (tertiary/aromatic N) is 4. The van der Waals surface area contributed by atoms with Crippen molar-refractivity contribution < 1.29 is 22.5 Å². The highest BCUT2D eigenvalue weighted by Crippen LogP contribution is 2.34. The van der Waals surface area contributed by atoms with Crippen molar-refractivity contribution in [3.05, 3.63) is 41.5 Å². The number of hydrogen-bond donors (Lipinski definition) is 2. The van der Waals surface area contributed by atoms with E-state index in [0.717, 1.165) is 6.07 Å². The second-order valence-electron chi connectivity index (χ2n) is 6.45. The first-order valence-electron chi connectivity index (χ1n) is 8.77. The molecule has 3 N–H and O–H groups in total. The van der Waals surface area contributed by atoms with Crippen LogP contribution < -0.4 is 11.1 Å². The van der Waals surface area contributed by atoms with Gasteiger partial charge < -0.3 is 15.6 Å². The molecule has 3 rings (SSSR count). The molecule has 1 aromatic carbocycles. The molecule has 0 bridgehead atoms. The van der Waals surface area contributed by atoms with Crippen LogP contribution in [0.4, 0.5) is 18.9 Å². The molecule has 1 aliphatic heterocycles. The molecule has 1 fully saturated rings. The van der Waals surface area contributed by atoms with E-state index in [-0.39, 0.29) is 18.8 Å². The summed E-state index contributed by atoms with van der Waals surface area (Å²) in [4.78, 5) is 20.3. The zero-order valence-corrected chi connectivity index (χ0v) is 15.1. The Balaban J connectivity index is 1.48. The molecule has 28 heavy (non-hydrogen) atoms. The maximum atomic E-state index is 13.0. The van der Waals surface area contributed by atoms with Crippen LogP contribution in [0, 0.1) is 0 Å². The standard InChI is InChI=1S/C17H21F3N6O2/c18-17(19,20)12-3-1-2-4-13(12)22-15(27)11-26-7-5-25(6-8-26)10-14-23-16(9-21)28-24-14/h1-4H,5-11,21H2,(H,22,27). The Kier molecular flexibility index (Phi) is 6.27. The topological polar surface area (TPSA) is 101 Å². The number of carbonyl (C=O) groups is 1. The molecule has 0 unspecified atom stereocenters. The maximum absolute atomic E-state index is 13.0. The predicted octanol–water partition coefficient (Wildman–Crippen LogP) is 1.30. The first-order chi connectivity index (χ1) is 13.3. The summed E-state index contributed by atoms with van der Waals surface area (Å²) in [7, 11) is 0. The van der Waals surface area contributed by atoms with E-state index in [1.54, 1.807) is 0 Å². The normalized spacial score (nSPS) is 16.3. The lowest BCUT2D eigenvalue weighted by molar-refractivity contribution is -0.137. The van der Waals surface area contributed by atoms with Crippen molar-refractivity contribution in [1.29, 1.82) is 0 Å². The highest BCUT2D eigenvalue weighted by Gasteiger charge is 2.33. The lowest BCUT2D eigenvalue weighted by atomic mass is 10.1. The van der Waals surface area contributed by atoms with Gasteiger partial charge >= 0.3 is 6.18 Å². The number of aromatic nitrogens is 2. The molecule has 0 radical (unpaired) electrons. The number of carbonyl (C=O) groups excluding carboxylic acids is 1. The Morgan fingerprint density at radius 3 is 2.50 bits per heavy atom. The number of anilines is 1. The van der Waals surface area contributed by atoms with Gasteiger partial charge in [-0.2, -0.15) is 18.2 Å². The molecule has 11 heteroatoms. The van der Waals surface area contributed by atoms with Crippen molar-refractivity contribution in [2.45, 2.75) is 19.3 Å². The van der Waals surface area contributed by atoms with Gasteiger partial charge in [-0.3, -0.25) is 14.6 Å². The number of nitrogens with two attached hydrogens (primary N) is 1. The first-order valence-corrected chi connectivity index (χ1v) is 8.77. The van der Waals surface area contributed by atoms with E-state index in [9.17, 15) is 18.0 Å². The van der Waals surface area contributed by atoms with Gasteiger partial charge in [-0.05, 0) is 12.1 Å². The highest BCUT2D eigenvalue weighted by atomic mass is 19.4. The maximum Gasteiger partial charge on any atom is 0.418 e. The van der Waals surface area contributed by atoms with Crippen molar-refractivity contribution in [3.63, 3.8) is 0 Å². The van der Waals surface area contributed by atoms with Crippen LogP contribution in [-0.4, -0.2) is 58.6 Å². The van der Waals surface area contributed by atoms with Crippen molar-refractivity contribution in [3.8, 4) is 0 Å². The van der Waals surface area contributed by atoms with Crippen LogP contribution in [0.15, 0.2) is 28.8 Å². The van der Waals surface area contributed by atoms with E-state index in [0.29, 0.717) is 44.4 Å². The van der Waals surface area contributed by atoms with Gasteiger partial charge in [0.05, 0.1) is 30.9 Å². The fourth-order valence-electron chi connectivity index (χ4n) is 2.97. The summed E-state index contributed by atoms with van der Waals surface area (Å²) in [5.41, 5.74) is 4.35. The Hall–Kier alpha value is -2.50. The second-order valence-corrected chi connectivity index (χ2v) is 6.45. The molecule has 0 atom stereocenters. The van der Waals surface area contributed by atoms with E-state index < -0.39 is 17.6 Å². The fraction of sp³-hybridized carbons (Fsp3) is 0.471. The predicted molar refractivity (Wildman–Crippen MR) is 94.0 cm³/mol. The van der Waals surface area contributed by atoms with Gasteiger partial charge in [0.2, 0.25) is 11.8 Å². The number of piperazine rings is 1. The van der Waals surface area contributed by atoms with Gasteiger partial charge in [-0.25, -0.2) is 0 Å². The molecule has 8 nitrogen and oxygen atoms in total. The van der Waals surface area contributed by atoms with Crippen molar-refractivity contribution >= 4 is 11.6 Å². The van der Waals surface area contributed by atoms with E-state index >= 15 is 0 Å². The number of para-hydroxylation sites is 1. The van der Waals surface area contributed by atoms with Crippen LogP contribution in [-0.2, 0) is 24.1 Å². The molecule has 0 spiro atoms. The molecule has 1 aliphatic rings. The summed E-state index contributed by atoms with van der Waals surface area (Å²) in [5, 5.41) is 6.21. The Labute approximate surface area is 159 Å². The molecule has 1 amide bonds. The molecular formula is C17H21F3N6O2. The van der Waals surface area contributed by atoms with Gasteiger partial charge in [0, 0.05) is 26.2 Å². The van der Waals surface area contributed by atoms with E-state index in [1.165, 1.54) is 18.2 Å². The molecule has 0 saturated carbocycles. The van der Waals surface area contributed by atoms with Crippen LogP contribution in [0.5, 0.6) is 0 Å². The third-order valence-corrected chi connectivity index (χ3v) is 4.39. The number of amides is 1. The minimum atomic E-state index is -4.52. The lowest BCUT2D eigenvalue weighted by Gasteiger charge is -2.33. The smallest absolute Gasteiger partial charge is 0.338 e. The summed E-state index contributed by atoms with van der Waals surface area (Å²) in [6.45, 7) is 3.30. The van der Waals surface area contributed by atoms with Gasteiger partial charge in [0.25, 0.3) is 0 Å². The third-order valence-electron chi connectivity index (χ3n) is 4.39. The van der Waals surface area contributed by atoms with Crippen molar-refractivity contribution in [2.24, 2.45) is 5.73 Å². The number of rotatable bonds is 6. The zero-order valence-electron chi connectivity index (χ0n) is 15.1. The Bertz CT molecular complexity index is 802. The number of alkyl halides is 3. The quantitative estimate of drug-likeness (QED) is 0.757. The number of nitrogens with one attached hydrogen (secondary N) is 1. The number of halogens is 3. The van der Waals surface area contributed by atoms with Gasteiger partial charge in [-0.1, -0.05) is 17.3 Å². The third kappa shape index (κ3) is 5.27. The van der Waals surface area contributed by atoms with Crippen LogP contribution in [0.25, 0.3) is 0 Å². The van der Waals surface area contributed by atoms with E-state index in [2.05, 4.69) is 20.4 Å². The molecule has 1 aromatic heterocycles. The largest absolute Gasteiger partial charge is 0.418 e. The minimum absolute atomic E-state index is 0.0273. The summed E-state index contributed by atoms with van der Waals surface area (Å²) < 4.78 is 44.0. The van der Waals surface area contributed by atoms with E-state index in [1.807, 2.05) is 4.90 Å². The molecule has 152 valence electrons. The van der Waals surface area contributed by atoms with Crippen LogP contribution >= 0.6 is 0 Å². The van der Waals surface area contributed by atoms with E-state index in [4.69, 9.17) is 10.3 Å². The average molecular weight is 398 g/mol. The summed E-state index contributed by atoms with van der Waals surface area (Å²) in [5.74, 6) is 0.454. The number of hydrogen-bond acceptors (Lipinski definition) is 7. The van der Waals surface area contributed by atoms with Gasteiger partial charge in [0.15, 0.2) is 5.82 Å². The average Bonchev–Trinajstić information content (AvgIpc) is 3.10. The second kappa shape index (κ2) is 8.67. The SMILES string of the molecule is NCc1nc(CN2CCN(CC(=O)Nc3ccccc3C(F)(F)F)CC2)no1. The summed E-state index contributed by atoms with van der Waals surface area (Å²) in [6, 6.07) is 4.94. The molecule has 0 aliphatic carbocycles. The van der Waals surface area contributed by atoms with Crippen LogP contribution in [0.2, 0.25) is 0 Å². The molecular weight excluding hydrogens is 377 g/mol. The Morgan fingerprint density at radius 2 is 1.86 bits per heavy atom. The number of benzene rings is 1. The first kappa shape index (κ1) is 20.2. The Morgan fingerprint density at radius 1 is 1.18 bits per heavy atom. The van der Waals surface area contributed by atoms with Gasteiger partial charge in [0.1, 0.15) is 0 Å². The highest BCUT2D eigenvalue weighted by molar-refractivity contribution is 5.93. The minimum Gasteiger partial charge on any atom is -0.338 e. The van der Waals surface area contributed by atoms with Crippen LogP contribution in [0.1, 0.15) is 17.3 Å². The van der Waals surface area contributed by atoms with Crippen molar-refractivity contribution in [1.82, 2.24) is 19.9 Å². The summed E-state index contributed by atoms with van der Waals surface area (Å²) in [6.07, 6.45) is -4.52. The van der Waals surface area contributed by atoms with Gasteiger partial charge in [-0.15, -0.1) is 0 Å². The zero-order chi connectivity index (χ0) is 20.1.